The third-order valence-electron chi connectivity index (χ3n) is 2.96. The SMILES string of the molecule is N#CC(C#N)=NC(=CN1CCCC1)c1ccccc1. The number of hydrogen-bond acceptors (Lipinski definition) is 4. The molecule has 1 aliphatic heterocycles. The van der Waals surface area contributed by atoms with Crippen LogP contribution in [0.25, 0.3) is 5.70 Å². The third kappa shape index (κ3) is 3.43. The van der Waals surface area contributed by atoms with E-state index < -0.39 is 0 Å². The summed E-state index contributed by atoms with van der Waals surface area (Å²) in [7, 11) is 0. The summed E-state index contributed by atoms with van der Waals surface area (Å²) >= 11 is 0. The molecule has 1 fully saturated rings. The number of likely N-dealkylation sites (tertiary alicyclic amines) is 1. The van der Waals surface area contributed by atoms with Gasteiger partial charge in [0.15, 0.2) is 0 Å². The van der Waals surface area contributed by atoms with Crippen LogP contribution in [-0.2, 0) is 0 Å². The van der Waals surface area contributed by atoms with E-state index in [0.717, 1.165) is 18.7 Å². The van der Waals surface area contributed by atoms with Gasteiger partial charge in [0.1, 0.15) is 12.1 Å². The van der Waals surface area contributed by atoms with E-state index in [9.17, 15) is 0 Å². The summed E-state index contributed by atoms with van der Waals surface area (Å²) in [6, 6.07) is 13.2. The fourth-order valence-corrected chi connectivity index (χ4v) is 2.02. The molecule has 0 aliphatic carbocycles. The molecule has 19 heavy (non-hydrogen) atoms. The van der Waals surface area contributed by atoms with Gasteiger partial charge in [-0.3, -0.25) is 0 Å². The van der Waals surface area contributed by atoms with E-state index in [-0.39, 0.29) is 5.71 Å². The van der Waals surface area contributed by atoms with Crippen molar-refractivity contribution in [2.75, 3.05) is 13.1 Å². The fraction of sp³-hybridized carbons (Fsp3) is 0.267. The molecule has 0 unspecified atom stereocenters. The minimum Gasteiger partial charge on any atom is -0.376 e. The summed E-state index contributed by atoms with van der Waals surface area (Å²) in [5, 5.41) is 17.7. The van der Waals surface area contributed by atoms with Crippen LogP contribution in [0, 0.1) is 22.7 Å². The average Bonchev–Trinajstić information content (AvgIpc) is 2.97. The molecule has 0 atom stereocenters. The van der Waals surface area contributed by atoms with E-state index in [1.54, 1.807) is 12.1 Å². The van der Waals surface area contributed by atoms with Crippen molar-refractivity contribution in [3.8, 4) is 12.1 Å². The molecule has 2 rings (SSSR count). The first-order chi connectivity index (χ1) is 9.33. The van der Waals surface area contributed by atoms with Crippen molar-refractivity contribution in [3.63, 3.8) is 0 Å². The molecule has 4 nitrogen and oxygen atoms in total. The van der Waals surface area contributed by atoms with Crippen LogP contribution in [-0.4, -0.2) is 23.7 Å². The largest absolute Gasteiger partial charge is 0.376 e. The summed E-state index contributed by atoms with van der Waals surface area (Å²) < 4.78 is 0. The monoisotopic (exact) mass is 250 g/mol. The highest BCUT2D eigenvalue weighted by molar-refractivity contribution is 6.12. The molecule has 0 spiro atoms. The maximum Gasteiger partial charge on any atom is 0.218 e. The molecule has 0 amide bonds. The Morgan fingerprint density at radius 3 is 2.32 bits per heavy atom. The Hall–Kier alpha value is -2.59. The lowest BCUT2D eigenvalue weighted by atomic mass is 10.1. The highest BCUT2D eigenvalue weighted by Crippen LogP contribution is 2.19. The number of hydrogen-bond donors (Lipinski definition) is 0. The van der Waals surface area contributed by atoms with E-state index in [4.69, 9.17) is 10.5 Å². The number of nitrogens with zero attached hydrogens (tertiary/aromatic N) is 4. The van der Waals surface area contributed by atoms with E-state index >= 15 is 0 Å². The Bertz CT molecular complexity index is 550. The van der Waals surface area contributed by atoms with Gasteiger partial charge >= 0.3 is 0 Å². The molecule has 94 valence electrons. The van der Waals surface area contributed by atoms with Crippen LogP contribution in [0.15, 0.2) is 41.5 Å². The van der Waals surface area contributed by atoms with Crippen LogP contribution in [0.1, 0.15) is 18.4 Å². The number of rotatable bonds is 3. The van der Waals surface area contributed by atoms with Crippen molar-refractivity contribution in [2.24, 2.45) is 4.99 Å². The van der Waals surface area contributed by atoms with Crippen LogP contribution in [0.5, 0.6) is 0 Å². The molecule has 1 heterocycles. The predicted molar refractivity (Wildman–Crippen MR) is 73.9 cm³/mol. The van der Waals surface area contributed by atoms with Gasteiger partial charge in [0.05, 0.1) is 5.70 Å². The zero-order valence-electron chi connectivity index (χ0n) is 10.6. The van der Waals surface area contributed by atoms with Crippen molar-refractivity contribution in [3.05, 3.63) is 42.1 Å². The number of aliphatic imine (C=N–C) groups is 1. The van der Waals surface area contributed by atoms with Crippen LogP contribution in [0.3, 0.4) is 0 Å². The fourth-order valence-electron chi connectivity index (χ4n) is 2.02. The van der Waals surface area contributed by atoms with Crippen LogP contribution >= 0.6 is 0 Å². The van der Waals surface area contributed by atoms with E-state index in [1.165, 1.54) is 12.8 Å². The zero-order valence-corrected chi connectivity index (χ0v) is 10.6. The zero-order chi connectivity index (χ0) is 13.5. The first-order valence-electron chi connectivity index (χ1n) is 6.23. The van der Waals surface area contributed by atoms with Gasteiger partial charge in [0.2, 0.25) is 5.71 Å². The lowest BCUT2D eigenvalue weighted by Gasteiger charge is -2.13. The average molecular weight is 250 g/mol. The van der Waals surface area contributed by atoms with Gasteiger partial charge in [-0.05, 0) is 12.8 Å². The molecular weight excluding hydrogens is 236 g/mol. The van der Waals surface area contributed by atoms with Gasteiger partial charge in [-0.1, -0.05) is 30.3 Å². The van der Waals surface area contributed by atoms with Crippen molar-refractivity contribution >= 4 is 11.4 Å². The molecule has 1 aromatic carbocycles. The second-order valence-corrected chi connectivity index (χ2v) is 4.31. The molecule has 0 N–H and O–H groups in total. The maximum atomic E-state index is 8.84. The second-order valence-electron chi connectivity index (χ2n) is 4.31. The van der Waals surface area contributed by atoms with Crippen LogP contribution in [0.2, 0.25) is 0 Å². The van der Waals surface area contributed by atoms with Gasteiger partial charge < -0.3 is 4.90 Å². The molecule has 1 aromatic rings. The van der Waals surface area contributed by atoms with Gasteiger partial charge in [-0.2, -0.15) is 10.5 Å². The summed E-state index contributed by atoms with van der Waals surface area (Å²) in [6.07, 6.45) is 4.29. The number of nitriles is 2. The Labute approximate surface area is 112 Å². The highest BCUT2D eigenvalue weighted by Gasteiger charge is 2.10. The predicted octanol–water partition coefficient (Wildman–Crippen LogP) is 2.57. The lowest BCUT2D eigenvalue weighted by Crippen LogP contribution is -2.11. The topological polar surface area (TPSA) is 63.2 Å². The lowest BCUT2D eigenvalue weighted by molar-refractivity contribution is 0.469. The van der Waals surface area contributed by atoms with E-state index in [1.807, 2.05) is 36.5 Å². The molecule has 0 saturated carbocycles. The van der Waals surface area contributed by atoms with Gasteiger partial charge in [-0.25, -0.2) is 4.99 Å². The molecular formula is C15H14N4. The molecule has 4 heteroatoms. The maximum absolute atomic E-state index is 8.84. The van der Waals surface area contributed by atoms with E-state index in [2.05, 4.69) is 9.89 Å². The minimum atomic E-state index is -0.116. The van der Waals surface area contributed by atoms with Crippen molar-refractivity contribution in [2.45, 2.75) is 12.8 Å². The first kappa shape index (κ1) is 12.9. The van der Waals surface area contributed by atoms with Gasteiger partial charge in [0, 0.05) is 24.9 Å². The minimum absolute atomic E-state index is 0.116. The van der Waals surface area contributed by atoms with E-state index in [0.29, 0.717) is 5.70 Å². The Morgan fingerprint density at radius 2 is 1.74 bits per heavy atom. The summed E-state index contributed by atoms with van der Waals surface area (Å²) in [4.78, 5) is 6.34. The van der Waals surface area contributed by atoms with Crippen molar-refractivity contribution in [1.29, 1.82) is 10.5 Å². The quantitative estimate of drug-likeness (QED) is 0.774. The normalized spacial score (nSPS) is 14.6. The molecule has 1 aliphatic rings. The van der Waals surface area contributed by atoms with Gasteiger partial charge in [-0.15, -0.1) is 0 Å². The molecule has 0 radical (unpaired) electrons. The Balaban J connectivity index is 2.37. The van der Waals surface area contributed by atoms with Gasteiger partial charge in [0.25, 0.3) is 0 Å². The smallest absolute Gasteiger partial charge is 0.218 e. The Morgan fingerprint density at radius 1 is 1.11 bits per heavy atom. The third-order valence-corrected chi connectivity index (χ3v) is 2.96. The number of benzene rings is 1. The standard InChI is InChI=1S/C15H14N4/c16-10-14(11-17)18-15(12-19-8-4-5-9-19)13-6-2-1-3-7-13/h1-3,6-7,12H,4-5,8-9H2. The van der Waals surface area contributed by atoms with Crippen LogP contribution in [0.4, 0.5) is 0 Å². The first-order valence-corrected chi connectivity index (χ1v) is 6.23. The summed E-state index contributed by atoms with van der Waals surface area (Å²) in [6.45, 7) is 2.00. The van der Waals surface area contributed by atoms with Crippen molar-refractivity contribution in [1.82, 2.24) is 4.90 Å². The molecule has 0 aromatic heterocycles. The Kier molecular flexibility index (Phi) is 4.31. The van der Waals surface area contributed by atoms with Crippen molar-refractivity contribution < 1.29 is 0 Å². The van der Waals surface area contributed by atoms with Crippen LogP contribution < -0.4 is 0 Å². The summed E-state index contributed by atoms with van der Waals surface area (Å²) in [5.41, 5.74) is 1.47. The molecule has 0 bridgehead atoms. The second kappa shape index (κ2) is 6.37. The summed E-state index contributed by atoms with van der Waals surface area (Å²) in [5.74, 6) is 0. The highest BCUT2D eigenvalue weighted by atomic mass is 15.1. The molecule has 1 saturated heterocycles.